The SMILES string of the molecule is CC1CC2CC(C)CC(NC(C)(C)C)(C1)C2. The zero-order valence-electron chi connectivity index (χ0n) is 11.8. The summed E-state index contributed by atoms with van der Waals surface area (Å²) in [7, 11) is 0. The Bertz CT molecular complexity index is 231. The molecule has 0 radical (unpaired) electrons. The second-order valence-corrected chi connectivity index (χ2v) is 7.82. The first-order chi connectivity index (χ1) is 7.28. The molecule has 1 N–H and O–H groups in total. The Morgan fingerprint density at radius 1 is 0.938 bits per heavy atom. The highest BCUT2D eigenvalue weighted by Crippen LogP contribution is 2.47. The van der Waals surface area contributed by atoms with Crippen molar-refractivity contribution in [1.82, 2.24) is 5.32 Å². The number of hydrogen-bond acceptors (Lipinski definition) is 1. The lowest BCUT2D eigenvalue weighted by Crippen LogP contribution is -2.59. The van der Waals surface area contributed by atoms with Crippen LogP contribution in [0.15, 0.2) is 0 Å². The summed E-state index contributed by atoms with van der Waals surface area (Å²) in [5.41, 5.74) is 0.719. The quantitative estimate of drug-likeness (QED) is 0.709. The smallest absolute Gasteiger partial charge is 0.0194 e. The van der Waals surface area contributed by atoms with Crippen molar-refractivity contribution >= 4 is 0 Å². The van der Waals surface area contributed by atoms with Crippen molar-refractivity contribution < 1.29 is 0 Å². The third kappa shape index (κ3) is 2.80. The van der Waals surface area contributed by atoms with Crippen molar-refractivity contribution in [2.75, 3.05) is 0 Å². The molecule has 0 saturated heterocycles. The topological polar surface area (TPSA) is 12.0 Å². The van der Waals surface area contributed by atoms with Crippen LogP contribution < -0.4 is 5.32 Å². The van der Waals surface area contributed by atoms with Crippen molar-refractivity contribution in [3.63, 3.8) is 0 Å². The maximum atomic E-state index is 3.96. The normalized spacial score (nSPS) is 44.4. The molecule has 0 amide bonds. The highest BCUT2D eigenvalue weighted by Gasteiger charge is 2.45. The van der Waals surface area contributed by atoms with Crippen molar-refractivity contribution in [2.45, 2.75) is 77.8 Å². The van der Waals surface area contributed by atoms with Gasteiger partial charge in [-0.1, -0.05) is 13.8 Å². The summed E-state index contributed by atoms with van der Waals surface area (Å²) < 4.78 is 0. The van der Waals surface area contributed by atoms with E-state index in [0.29, 0.717) is 5.54 Å². The Balaban J connectivity index is 2.15. The number of nitrogens with one attached hydrogen (secondary N) is 1. The summed E-state index contributed by atoms with van der Waals surface area (Å²) in [6.45, 7) is 11.8. The third-order valence-electron chi connectivity index (χ3n) is 4.27. The summed E-state index contributed by atoms with van der Waals surface area (Å²) >= 11 is 0. The zero-order chi connectivity index (χ0) is 12.0. The molecule has 0 aromatic heterocycles. The van der Waals surface area contributed by atoms with Gasteiger partial charge in [-0.25, -0.2) is 0 Å². The summed E-state index contributed by atoms with van der Waals surface area (Å²) in [4.78, 5) is 0. The van der Waals surface area contributed by atoms with Crippen molar-refractivity contribution in [3.8, 4) is 0 Å². The van der Waals surface area contributed by atoms with E-state index >= 15 is 0 Å². The lowest BCUT2D eigenvalue weighted by Gasteiger charge is -2.53. The van der Waals surface area contributed by atoms with Gasteiger partial charge in [-0.3, -0.25) is 0 Å². The van der Waals surface area contributed by atoms with Crippen LogP contribution in [0.1, 0.15) is 66.7 Å². The van der Waals surface area contributed by atoms with Crippen LogP contribution in [0.5, 0.6) is 0 Å². The van der Waals surface area contributed by atoms with E-state index in [1.54, 1.807) is 0 Å². The maximum absolute atomic E-state index is 3.96. The van der Waals surface area contributed by atoms with Crippen molar-refractivity contribution in [3.05, 3.63) is 0 Å². The standard InChI is InChI=1S/C15H29N/c1-11-6-13-7-12(2)9-15(8-11,10-13)16-14(3,4)5/h11-13,16H,6-10H2,1-5H3. The molecule has 2 aliphatic rings. The van der Waals surface area contributed by atoms with Gasteiger partial charge in [0.25, 0.3) is 0 Å². The van der Waals surface area contributed by atoms with Gasteiger partial charge in [-0.05, 0) is 70.6 Å². The largest absolute Gasteiger partial charge is 0.307 e. The van der Waals surface area contributed by atoms with Gasteiger partial charge in [0.05, 0.1) is 0 Å². The maximum Gasteiger partial charge on any atom is 0.0194 e. The van der Waals surface area contributed by atoms with Gasteiger partial charge < -0.3 is 5.32 Å². The average molecular weight is 223 g/mol. The van der Waals surface area contributed by atoms with E-state index in [1.807, 2.05) is 0 Å². The molecule has 0 spiro atoms. The lowest BCUT2D eigenvalue weighted by molar-refractivity contribution is 0.0376. The summed E-state index contributed by atoms with van der Waals surface area (Å²) in [5, 5.41) is 3.96. The average Bonchev–Trinajstić information content (AvgIpc) is 1.93. The molecule has 0 aromatic carbocycles. The molecule has 0 heterocycles. The molecular weight excluding hydrogens is 194 g/mol. The van der Waals surface area contributed by atoms with Gasteiger partial charge in [0, 0.05) is 11.1 Å². The zero-order valence-corrected chi connectivity index (χ0v) is 11.8. The minimum absolute atomic E-state index is 0.263. The van der Waals surface area contributed by atoms with Gasteiger partial charge in [-0.2, -0.15) is 0 Å². The van der Waals surface area contributed by atoms with Crippen LogP contribution in [0.25, 0.3) is 0 Å². The fourth-order valence-corrected chi connectivity index (χ4v) is 4.65. The third-order valence-corrected chi connectivity index (χ3v) is 4.27. The van der Waals surface area contributed by atoms with E-state index in [9.17, 15) is 0 Å². The first-order valence-corrected chi connectivity index (χ1v) is 7.07. The van der Waals surface area contributed by atoms with Crippen molar-refractivity contribution in [1.29, 1.82) is 0 Å². The Hall–Kier alpha value is -0.0400. The highest BCUT2D eigenvalue weighted by molar-refractivity contribution is 5.02. The molecule has 16 heavy (non-hydrogen) atoms. The fourth-order valence-electron chi connectivity index (χ4n) is 4.65. The Labute approximate surface area is 101 Å². The van der Waals surface area contributed by atoms with Crippen LogP contribution in [0.4, 0.5) is 0 Å². The molecule has 0 aromatic rings. The summed E-state index contributed by atoms with van der Waals surface area (Å²) in [6, 6.07) is 0. The molecule has 2 unspecified atom stereocenters. The Kier molecular flexibility index (Phi) is 3.11. The molecule has 2 aliphatic carbocycles. The van der Waals surface area contributed by atoms with Crippen LogP contribution in [-0.2, 0) is 0 Å². The predicted molar refractivity (Wildman–Crippen MR) is 70.5 cm³/mol. The van der Waals surface area contributed by atoms with E-state index in [2.05, 4.69) is 39.9 Å². The molecule has 2 rings (SSSR count). The molecule has 2 fully saturated rings. The van der Waals surface area contributed by atoms with Crippen LogP contribution in [0.3, 0.4) is 0 Å². The Morgan fingerprint density at radius 2 is 1.44 bits per heavy atom. The van der Waals surface area contributed by atoms with E-state index in [1.165, 1.54) is 32.1 Å². The second kappa shape index (κ2) is 4.01. The molecule has 1 heteroatoms. The first-order valence-electron chi connectivity index (χ1n) is 7.07. The first kappa shape index (κ1) is 12.4. The van der Waals surface area contributed by atoms with E-state index in [4.69, 9.17) is 0 Å². The second-order valence-electron chi connectivity index (χ2n) is 7.82. The van der Waals surface area contributed by atoms with Crippen LogP contribution in [0, 0.1) is 17.8 Å². The molecule has 1 nitrogen and oxygen atoms in total. The minimum Gasteiger partial charge on any atom is -0.307 e. The molecule has 2 bridgehead atoms. The molecule has 2 saturated carbocycles. The highest BCUT2D eigenvalue weighted by atomic mass is 15.0. The van der Waals surface area contributed by atoms with Crippen LogP contribution in [-0.4, -0.2) is 11.1 Å². The van der Waals surface area contributed by atoms with Gasteiger partial charge in [0.1, 0.15) is 0 Å². The summed E-state index contributed by atoms with van der Waals surface area (Å²) in [6.07, 6.45) is 7.16. The fraction of sp³-hybridized carbons (Fsp3) is 1.00. The number of rotatable bonds is 1. The van der Waals surface area contributed by atoms with E-state index in [0.717, 1.165) is 17.8 Å². The minimum atomic E-state index is 0.263. The molecule has 94 valence electrons. The summed E-state index contributed by atoms with van der Waals surface area (Å²) in [5.74, 6) is 2.82. The number of fused-ring (bicyclic) bond motifs is 2. The molecule has 2 atom stereocenters. The van der Waals surface area contributed by atoms with Crippen LogP contribution >= 0.6 is 0 Å². The van der Waals surface area contributed by atoms with Gasteiger partial charge in [0.15, 0.2) is 0 Å². The van der Waals surface area contributed by atoms with Crippen molar-refractivity contribution in [2.24, 2.45) is 17.8 Å². The molecular formula is C15H29N. The van der Waals surface area contributed by atoms with Gasteiger partial charge >= 0.3 is 0 Å². The molecule has 0 aliphatic heterocycles. The number of hydrogen-bond donors (Lipinski definition) is 1. The Morgan fingerprint density at radius 3 is 1.88 bits per heavy atom. The van der Waals surface area contributed by atoms with E-state index < -0.39 is 0 Å². The monoisotopic (exact) mass is 223 g/mol. The van der Waals surface area contributed by atoms with Crippen LogP contribution in [0.2, 0.25) is 0 Å². The lowest BCUT2D eigenvalue weighted by atomic mass is 9.60. The predicted octanol–water partition coefficient (Wildman–Crippen LogP) is 3.98. The van der Waals surface area contributed by atoms with Gasteiger partial charge in [0.2, 0.25) is 0 Å². The van der Waals surface area contributed by atoms with Gasteiger partial charge in [-0.15, -0.1) is 0 Å². The van der Waals surface area contributed by atoms with E-state index in [-0.39, 0.29) is 5.54 Å².